The molecule has 1 aromatic rings. The summed E-state index contributed by atoms with van der Waals surface area (Å²) in [5.41, 5.74) is 1.10. The quantitative estimate of drug-likeness (QED) is 0.473. The van der Waals surface area contributed by atoms with Gasteiger partial charge in [0.25, 0.3) is 0 Å². The summed E-state index contributed by atoms with van der Waals surface area (Å²) in [6.45, 7) is 1.94. The van der Waals surface area contributed by atoms with Crippen molar-refractivity contribution in [1.29, 1.82) is 0 Å². The molecule has 0 aliphatic heterocycles. The second kappa shape index (κ2) is 8.61. The minimum Gasteiger partial charge on any atom is -0.466 e. The molecule has 118 valence electrons. The van der Waals surface area contributed by atoms with Crippen LogP contribution in [0.2, 0.25) is 0 Å². The lowest BCUT2D eigenvalue weighted by Crippen LogP contribution is -2.15. The number of hydrogen-bond donors (Lipinski definition) is 1. The number of ether oxygens (including phenoxy) is 2. The molecular weight excluding hydrogens is 286 g/mol. The first-order valence-electron chi connectivity index (χ1n) is 6.80. The number of carbonyl (C=O) groups is 3. The summed E-state index contributed by atoms with van der Waals surface area (Å²) < 4.78 is 9.08. The van der Waals surface area contributed by atoms with Crippen LogP contribution in [-0.4, -0.2) is 31.9 Å². The van der Waals surface area contributed by atoms with Crippen molar-refractivity contribution in [1.82, 2.24) is 0 Å². The predicted molar refractivity (Wildman–Crippen MR) is 81.4 cm³/mol. The van der Waals surface area contributed by atoms with Gasteiger partial charge < -0.3 is 14.8 Å². The maximum Gasteiger partial charge on any atom is 0.354 e. The number of nitrogens with one attached hydrogen (secondary N) is 1. The van der Waals surface area contributed by atoms with Gasteiger partial charge in [0.05, 0.1) is 20.3 Å². The third-order valence-electron chi connectivity index (χ3n) is 2.83. The van der Waals surface area contributed by atoms with E-state index >= 15 is 0 Å². The van der Waals surface area contributed by atoms with E-state index in [1.165, 1.54) is 14.2 Å². The largest absolute Gasteiger partial charge is 0.466 e. The number of carbonyl (C=O) groups excluding carboxylic acids is 3. The standard InChI is InChI=1S/C16H19NO5/c1-4-5-14(18)11-6-8-12(9-7-11)17-13(16(20)22-3)10-15(19)21-2/h6-10,17H,4-5H2,1-3H3/b13-10+. The zero-order chi connectivity index (χ0) is 16.5. The summed E-state index contributed by atoms with van der Waals surface area (Å²) in [4.78, 5) is 34.6. The maximum absolute atomic E-state index is 11.7. The summed E-state index contributed by atoms with van der Waals surface area (Å²) in [6, 6.07) is 6.62. The van der Waals surface area contributed by atoms with Gasteiger partial charge in [0.1, 0.15) is 5.70 Å². The Labute approximate surface area is 129 Å². The first-order chi connectivity index (χ1) is 10.5. The van der Waals surface area contributed by atoms with Crippen LogP contribution in [0, 0.1) is 0 Å². The molecule has 0 spiro atoms. The molecule has 0 heterocycles. The maximum atomic E-state index is 11.7. The molecule has 0 fully saturated rings. The highest BCUT2D eigenvalue weighted by Gasteiger charge is 2.13. The summed E-state index contributed by atoms with van der Waals surface area (Å²) in [5, 5.41) is 2.77. The van der Waals surface area contributed by atoms with Crippen molar-refractivity contribution in [3.8, 4) is 0 Å². The summed E-state index contributed by atoms with van der Waals surface area (Å²) in [7, 11) is 2.42. The molecule has 0 saturated carbocycles. The number of methoxy groups -OCH3 is 2. The lowest BCUT2D eigenvalue weighted by atomic mass is 10.1. The molecule has 0 atom stereocenters. The summed E-state index contributed by atoms with van der Waals surface area (Å²) in [5.74, 6) is -1.31. The van der Waals surface area contributed by atoms with Gasteiger partial charge in [-0.15, -0.1) is 0 Å². The zero-order valence-electron chi connectivity index (χ0n) is 12.8. The fourth-order valence-electron chi connectivity index (χ4n) is 1.70. The molecule has 0 amide bonds. The molecular formula is C16H19NO5. The Balaban J connectivity index is 2.90. The van der Waals surface area contributed by atoms with Crippen molar-refractivity contribution < 1.29 is 23.9 Å². The molecule has 1 aromatic carbocycles. The van der Waals surface area contributed by atoms with Crippen LogP contribution in [0.3, 0.4) is 0 Å². The Kier molecular flexibility index (Phi) is 6.82. The third kappa shape index (κ3) is 5.05. The molecule has 0 unspecified atom stereocenters. The van der Waals surface area contributed by atoms with E-state index < -0.39 is 11.9 Å². The van der Waals surface area contributed by atoms with Crippen LogP contribution in [0.4, 0.5) is 5.69 Å². The topological polar surface area (TPSA) is 81.7 Å². The number of anilines is 1. The average molecular weight is 305 g/mol. The zero-order valence-corrected chi connectivity index (χ0v) is 12.8. The van der Waals surface area contributed by atoms with E-state index in [1.807, 2.05) is 6.92 Å². The molecule has 0 aromatic heterocycles. The second-order valence-corrected chi connectivity index (χ2v) is 4.45. The van der Waals surface area contributed by atoms with E-state index in [2.05, 4.69) is 14.8 Å². The Morgan fingerprint density at radius 1 is 1.09 bits per heavy atom. The van der Waals surface area contributed by atoms with Gasteiger partial charge in [-0.25, -0.2) is 9.59 Å². The van der Waals surface area contributed by atoms with Gasteiger partial charge in [-0.2, -0.15) is 0 Å². The third-order valence-corrected chi connectivity index (χ3v) is 2.83. The van der Waals surface area contributed by atoms with Crippen LogP contribution in [0.15, 0.2) is 36.0 Å². The molecule has 1 N–H and O–H groups in total. The number of rotatable bonds is 7. The second-order valence-electron chi connectivity index (χ2n) is 4.45. The van der Waals surface area contributed by atoms with Crippen LogP contribution in [0.25, 0.3) is 0 Å². The molecule has 0 radical (unpaired) electrons. The minimum atomic E-state index is -0.698. The van der Waals surface area contributed by atoms with Gasteiger partial charge in [-0.3, -0.25) is 4.79 Å². The van der Waals surface area contributed by atoms with Gasteiger partial charge in [0.15, 0.2) is 5.78 Å². The number of hydrogen-bond acceptors (Lipinski definition) is 6. The normalized spacial score (nSPS) is 10.8. The van der Waals surface area contributed by atoms with Crippen LogP contribution >= 0.6 is 0 Å². The fourth-order valence-corrected chi connectivity index (χ4v) is 1.70. The molecule has 6 nitrogen and oxygen atoms in total. The van der Waals surface area contributed by atoms with Crippen molar-refractivity contribution in [2.24, 2.45) is 0 Å². The summed E-state index contributed by atoms with van der Waals surface area (Å²) in [6.07, 6.45) is 2.28. The molecule has 1 rings (SSSR count). The molecule has 0 bridgehead atoms. The minimum absolute atomic E-state index is 0.0537. The first kappa shape index (κ1) is 17.4. The van der Waals surface area contributed by atoms with Crippen molar-refractivity contribution in [3.05, 3.63) is 41.6 Å². The van der Waals surface area contributed by atoms with Crippen molar-refractivity contribution in [2.75, 3.05) is 19.5 Å². The van der Waals surface area contributed by atoms with Crippen LogP contribution < -0.4 is 5.32 Å². The molecule has 0 aliphatic rings. The van der Waals surface area contributed by atoms with Gasteiger partial charge in [0, 0.05) is 17.7 Å². The van der Waals surface area contributed by atoms with Crippen LogP contribution in [0.5, 0.6) is 0 Å². The fraction of sp³-hybridized carbons (Fsp3) is 0.312. The van der Waals surface area contributed by atoms with E-state index in [-0.39, 0.29) is 11.5 Å². The molecule has 0 aliphatic carbocycles. The Morgan fingerprint density at radius 2 is 1.73 bits per heavy atom. The van der Waals surface area contributed by atoms with E-state index in [9.17, 15) is 14.4 Å². The Hall–Kier alpha value is -2.63. The first-order valence-corrected chi connectivity index (χ1v) is 6.80. The van der Waals surface area contributed by atoms with Crippen LogP contribution in [0.1, 0.15) is 30.1 Å². The number of benzene rings is 1. The highest BCUT2D eigenvalue weighted by molar-refractivity contribution is 5.99. The monoisotopic (exact) mass is 305 g/mol. The van der Waals surface area contributed by atoms with Crippen molar-refractivity contribution in [2.45, 2.75) is 19.8 Å². The molecule has 22 heavy (non-hydrogen) atoms. The van der Waals surface area contributed by atoms with Gasteiger partial charge in [0.2, 0.25) is 0 Å². The van der Waals surface area contributed by atoms with Gasteiger partial charge in [-0.05, 0) is 30.7 Å². The average Bonchev–Trinajstić information content (AvgIpc) is 2.54. The highest BCUT2D eigenvalue weighted by Crippen LogP contribution is 2.14. The highest BCUT2D eigenvalue weighted by atomic mass is 16.5. The van der Waals surface area contributed by atoms with E-state index in [1.54, 1.807) is 24.3 Å². The predicted octanol–water partition coefficient (Wildman–Crippen LogP) is 2.31. The van der Waals surface area contributed by atoms with Crippen LogP contribution in [-0.2, 0) is 19.1 Å². The molecule has 0 saturated heterocycles. The van der Waals surface area contributed by atoms with E-state index in [4.69, 9.17) is 0 Å². The van der Waals surface area contributed by atoms with Crippen molar-refractivity contribution in [3.63, 3.8) is 0 Å². The number of esters is 2. The smallest absolute Gasteiger partial charge is 0.354 e. The van der Waals surface area contributed by atoms with Gasteiger partial charge in [-0.1, -0.05) is 6.92 Å². The molecule has 6 heteroatoms. The summed E-state index contributed by atoms with van der Waals surface area (Å²) >= 11 is 0. The lowest BCUT2D eigenvalue weighted by molar-refractivity contribution is -0.138. The number of ketones is 1. The van der Waals surface area contributed by atoms with Gasteiger partial charge >= 0.3 is 11.9 Å². The van der Waals surface area contributed by atoms with E-state index in [0.717, 1.165) is 12.5 Å². The number of Topliss-reactive ketones (excluding diaryl/α,β-unsaturated/α-hetero) is 1. The lowest BCUT2D eigenvalue weighted by Gasteiger charge is -2.09. The Morgan fingerprint density at radius 3 is 2.23 bits per heavy atom. The van der Waals surface area contributed by atoms with Crippen molar-refractivity contribution >= 4 is 23.4 Å². The van der Waals surface area contributed by atoms with E-state index in [0.29, 0.717) is 17.7 Å². The SMILES string of the molecule is CCCC(=O)c1ccc(N/C(=C/C(=O)OC)C(=O)OC)cc1. The Bertz CT molecular complexity index is 575.